The van der Waals surface area contributed by atoms with Crippen molar-refractivity contribution in [1.82, 2.24) is 0 Å². The van der Waals surface area contributed by atoms with Gasteiger partial charge >= 0.3 is 5.97 Å². The highest BCUT2D eigenvalue weighted by Gasteiger charge is 2.47. The standard InChI is InChI=1S/C14H16N2O3/c1-16-8-14(6-3-7-14)13(19)15-11-9(12(17)18)4-2-5-10(11)16/h2,4-5H,3,6-8H2,1H3,(H,15,19)(H,17,18). The van der Waals surface area contributed by atoms with Crippen LogP contribution in [0.15, 0.2) is 18.2 Å². The Balaban J connectivity index is 2.10. The Morgan fingerprint density at radius 1 is 1.42 bits per heavy atom. The molecule has 1 fully saturated rings. The summed E-state index contributed by atoms with van der Waals surface area (Å²) in [6.07, 6.45) is 2.81. The van der Waals surface area contributed by atoms with E-state index in [1.165, 1.54) is 6.07 Å². The van der Waals surface area contributed by atoms with E-state index < -0.39 is 5.97 Å². The second kappa shape index (κ2) is 3.98. The number of fused-ring (bicyclic) bond motifs is 1. The first-order valence-electron chi connectivity index (χ1n) is 6.42. The molecule has 0 atom stereocenters. The van der Waals surface area contributed by atoms with Gasteiger partial charge in [-0.15, -0.1) is 0 Å². The monoisotopic (exact) mass is 260 g/mol. The fraction of sp³-hybridized carbons (Fsp3) is 0.429. The predicted octanol–water partition coefficient (Wildman–Crippen LogP) is 1.94. The molecule has 1 amide bonds. The molecule has 1 saturated carbocycles. The molecule has 19 heavy (non-hydrogen) atoms. The molecule has 2 aliphatic rings. The Labute approximate surface area is 111 Å². The summed E-state index contributed by atoms with van der Waals surface area (Å²) >= 11 is 0. The first-order valence-corrected chi connectivity index (χ1v) is 6.42. The van der Waals surface area contributed by atoms with Gasteiger partial charge in [-0.1, -0.05) is 12.5 Å². The number of benzene rings is 1. The van der Waals surface area contributed by atoms with Crippen molar-refractivity contribution in [2.45, 2.75) is 19.3 Å². The highest BCUT2D eigenvalue weighted by molar-refractivity contribution is 6.07. The van der Waals surface area contributed by atoms with Gasteiger partial charge in [0.05, 0.1) is 22.4 Å². The van der Waals surface area contributed by atoms with Gasteiger partial charge in [0.2, 0.25) is 5.91 Å². The Bertz CT molecular complexity index is 564. The van der Waals surface area contributed by atoms with Crippen LogP contribution in [0.1, 0.15) is 29.6 Å². The molecule has 1 aromatic carbocycles. The summed E-state index contributed by atoms with van der Waals surface area (Å²) in [4.78, 5) is 25.6. The highest BCUT2D eigenvalue weighted by Crippen LogP contribution is 2.46. The van der Waals surface area contributed by atoms with Gasteiger partial charge in [-0.05, 0) is 25.0 Å². The van der Waals surface area contributed by atoms with Crippen molar-refractivity contribution >= 4 is 23.3 Å². The van der Waals surface area contributed by atoms with Crippen LogP contribution in [0.5, 0.6) is 0 Å². The molecule has 0 radical (unpaired) electrons. The van der Waals surface area contributed by atoms with Crippen molar-refractivity contribution in [3.05, 3.63) is 23.8 Å². The quantitative estimate of drug-likeness (QED) is 0.809. The molecule has 1 aliphatic carbocycles. The van der Waals surface area contributed by atoms with E-state index in [1.54, 1.807) is 6.07 Å². The van der Waals surface area contributed by atoms with E-state index in [4.69, 9.17) is 0 Å². The number of aromatic carboxylic acids is 1. The number of nitrogens with one attached hydrogen (secondary N) is 1. The number of anilines is 2. The van der Waals surface area contributed by atoms with Crippen LogP contribution in [0.2, 0.25) is 0 Å². The fourth-order valence-corrected chi connectivity index (χ4v) is 3.01. The van der Waals surface area contributed by atoms with Crippen LogP contribution in [-0.2, 0) is 4.79 Å². The minimum absolute atomic E-state index is 0.0435. The van der Waals surface area contributed by atoms with Gasteiger partial charge in [-0.2, -0.15) is 0 Å². The zero-order valence-electron chi connectivity index (χ0n) is 10.8. The number of carboxylic acids is 1. The van der Waals surface area contributed by atoms with E-state index in [9.17, 15) is 14.7 Å². The third kappa shape index (κ3) is 1.69. The summed E-state index contributed by atoms with van der Waals surface area (Å²) in [5.41, 5.74) is 1.00. The number of rotatable bonds is 1. The highest BCUT2D eigenvalue weighted by atomic mass is 16.4. The second-order valence-electron chi connectivity index (χ2n) is 5.45. The van der Waals surface area contributed by atoms with Gasteiger partial charge in [-0.25, -0.2) is 4.79 Å². The van der Waals surface area contributed by atoms with Gasteiger partial charge in [0.1, 0.15) is 0 Å². The predicted molar refractivity (Wildman–Crippen MR) is 71.6 cm³/mol. The molecular weight excluding hydrogens is 244 g/mol. The van der Waals surface area contributed by atoms with E-state index >= 15 is 0 Å². The van der Waals surface area contributed by atoms with E-state index in [1.807, 2.05) is 18.0 Å². The molecule has 5 nitrogen and oxygen atoms in total. The molecule has 1 aromatic rings. The number of carboxylic acid groups (broad SMARTS) is 1. The normalized spacial score (nSPS) is 20.3. The minimum Gasteiger partial charge on any atom is -0.478 e. The zero-order chi connectivity index (χ0) is 13.6. The summed E-state index contributed by atoms with van der Waals surface area (Å²) in [5.74, 6) is -1.06. The summed E-state index contributed by atoms with van der Waals surface area (Å²) in [6, 6.07) is 5.08. The number of para-hydroxylation sites is 1. The van der Waals surface area contributed by atoms with Crippen LogP contribution in [0.4, 0.5) is 11.4 Å². The van der Waals surface area contributed by atoms with Crippen LogP contribution >= 0.6 is 0 Å². The summed E-state index contributed by atoms with van der Waals surface area (Å²) in [5, 5.41) is 12.1. The molecule has 2 N–H and O–H groups in total. The molecule has 1 aliphatic heterocycles. The lowest BCUT2D eigenvalue weighted by Gasteiger charge is -2.40. The van der Waals surface area contributed by atoms with Crippen molar-refractivity contribution in [2.75, 3.05) is 23.8 Å². The Morgan fingerprint density at radius 3 is 2.74 bits per heavy atom. The Kier molecular flexibility index (Phi) is 2.52. The molecule has 0 bridgehead atoms. The number of carbonyl (C=O) groups excluding carboxylic acids is 1. The molecule has 3 rings (SSSR count). The third-order valence-electron chi connectivity index (χ3n) is 4.25. The maximum absolute atomic E-state index is 12.4. The van der Waals surface area contributed by atoms with E-state index in [-0.39, 0.29) is 16.9 Å². The molecule has 1 spiro atoms. The molecule has 0 saturated heterocycles. The Hall–Kier alpha value is -2.04. The van der Waals surface area contributed by atoms with Crippen LogP contribution in [0.25, 0.3) is 0 Å². The molecule has 0 aromatic heterocycles. The summed E-state index contributed by atoms with van der Waals surface area (Å²) in [6.45, 7) is 0.648. The van der Waals surface area contributed by atoms with Gasteiger partial charge < -0.3 is 15.3 Å². The first kappa shape index (κ1) is 12.0. The number of carbonyl (C=O) groups is 2. The van der Waals surface area contributed by atoms with Gasteiger partial charge in [0, 0.05) is 13.6 Å². The fourth-order valence-electron chi connectivity index (χ4n) is 3.01. The van der Waals surface area contributed by atoms with Crippen molar-refractivity contribution < 1.29 is 14.7 Å². The molecule has 100 valence electrons. The summed E-state index contributed by atoms with van der Waals surface area (Å²) in [7, 11) is 1.91. The summed E-state index contributed by atoms with van der Waals surface area (Å²) < 4.78 is 0. The third-order valence-corrected chi connectivity index (χ3v) is 4.25. The maximum atomic E-state index is 12.4. The molecule has 5 heteroatoms. The van der Waals surface area contributed by atoms with Crippen molar-refractivity contribution in [3.63, 3.8) is 0 Å². The molecule has 0 unspecified atom stereocenters. The lowest BCUT2D eigenvalue weighted by atomic mass is 9.68. The van der Waals surface area contributed by atoms with Crippen LogP contribution in [0.3, 0.4) is 0 Å². The van der Waals surface area contributed by atoms with E-state index in [0.717, 1.165) is 24.9 Å². The average Bonchev–Trinajstić information content (AvgIpc) is 2.43. The van der Waals surface area contributed by atoms with Crippen molar-refractivity contribution in [3.8, 4) is 0 Å². The molecule has 1 heterocycles. The van der Waals surface area contributed by atoms with Gasteiger partial charge in [0.15, 0.2) is 0 Å². The topological polar surface area (TPSA) is 69.6 Å². The number of nitrogens with zero attached hydrogens (tertiary/aromatic N) is 1. The van der Waals surface area contributed by atoms with Gasteiger partial charge in [0.25, 0.3) is 0 Å². The lowest BCUT2D eigenvalue weighted by molar-refractivity contribution is -0.129. The number of hydrogen-bond donors (Lipinski definition) is 2. The van der Waals surface area contributed by atoms with Crippen molar-refractivity contribution in [1.29, 1.82) is 0 Å². The molecular formula is C14H16N2O3. The average molecular weight is 260 g/mol. The van der Waals surface area contributed by atoms with Crippen molar-refractivity contribution in [2.24, 2.45) is 5.41 Å². The van der Waals surface area contributed by atoms with Crippen LogP contribution in [0, 0.1) is 5.41 Å². The zero-order valence-corrected chi connectivity index (χ0v) is 10.8. The van der Waals surface area contributed by atoms with E-state index in [0.29, 0.717) is 12.2 Å². The number of amides is 1. The second-order valence-corrected chi connectivity index (χ2v) is 5.45. The SMILES string of the molecule is CN1CC2(CCC2)C(=O)Nc2c(C(=O)O)cccc21. The maximum Gasteiger partial charge on any atom is 0.337 e. The number of hydrogen-bond acceptors (Lipinski definition) is 3. The smallest absolute Gasteiger partial charge is 0.337 e. The Morgan fingerprint density at radius 2 is 2.16 bits per heavy atom. The van der Waals surface area contributed by atoms with Gasteiger partial charge in [-0.3, -0.25) is 4.79 Å². The van der Waals surface area contributed by atoms with Crippen LogP contribution < -0.4 is 10.2 Å². The van der Waals surface area contributed by atoms with Crippen LogP contribution in [-0.4, -0.2) is 30.6 Å². The first-order chi connectivity index (χ1) is 9.03. The lowest BCUT2D eigenvalue weighted by Crippen LogP contribution is -2.47. The largest absolute Gasteiger partial charge is 0.478 e. The van der Waals surface area contributed by atoms with E-state index in [2.05, 4.69) is 5.32 Å². The minimum atomic E-state index is -1.02.